The summed E-state index contributed by atoms with van der Waals surface area (Å²) in [7, 11) is 1.80. The first-order valence-electron chi connectivity index (χ1n) is 7.28. The average Bonchev–Trinajstić information content (AvgIpc) is 2.42. The lowest BCUT2D eigenvalue weighted by Crippen LogP contribution is -2.37. The zero-order valence-electron chi connectivity index (χ0n) is 12.2. The van der Waals surface area contributed by atoms with Crippen LogP contribution >= 0.6 is 0 Å². The average molecular weight is 262 g/mol. The summed E-state index contributed by atoms with van der Waals surface area (Å²) in [4.78, 5) is 2.49. The third-order valence-electron chi connectivity index (χ3n) is 4.03. The van der Waals surface area contributed by atoms with Gasteiger partial charge in [-0.15, -0.1) is 0 Å². The van der Waals surface area contributed by atoms with Gasteiger partial charge in [0, 0.05) is 25.9 Å². The van der Waals surface area contributed by atoms with Crippen LogP contribution in [0.5, 0.6) is 0 Å². The molecule has 3 nitrogen and oxygen atoms in total. The van der Waals surface area contributed by atoms with Crippen molar-refractivity contribution in [2.24, 2.45) is 11.7 Å². The number of methoxy groups -OCH3 is 1. The highest BCUT2D eigenvalue weighted by atomic mass is 16.5. The Bertz CT molecular complexity index is 404. The van der Waals surface area contributed by atoms with Crippen LogP contribution in [0.3, 0.4) is 0 Å². The predicted octanol–water partition coefficient (Wildman–Crippen LogP) is 2.36. The third kappa shape index (κ3) is 3.71. The molecule has 1 unspecified atom stereocenters. The number of aryl methyl sites for hydroxylation is 1. The van der Waals surface area contributed by atoms with Crippen LogP contribution in [0, 0.1) is 12.8 Å². The number of benzene rings is 1. The Morgan fingerprint density at radius 2 is 2.26 bits per heavy atom. The second kappa shape index (κ2) is 6.92. The molecule has 1 saturated heterocycles. The van der Waals surface area contributed by atoms with E-state index in [1.54, 1.807) is 7.11 Å². The largest absolute Gasteiger partial charge is 0.384 e. The Labute approximate surface area is 116 Å². The van der Waals surface area contributed by atoms with Crippen molar-refractivity contribution in [2.75, 3.05) is 38.3 Å². The number of nitrogens with two attached hydrogens (primary N) is 1. The lowest BCUT2D eigenvalue weighted by molar-refractivity contribution is 0.143. The highest BCUT2D eigenvalue weighted by Crippen LogP contribution is 2.25. The van der Waals surface area contributed by atoms with Gasteiger partial charge in [0.15, 0.2) is 0 Å². The highest BCUT2D eigenvalue weighted by molar-refractivity contribution is 5.51. The van der Waals surface area contributed by atoms with Crippen molar-refractivity contribution in [1.82, 2.24) is 0 Å². The lowest BCUT2D eigenvalue weighted by Gasteiger charge is -2.34. The van der Waals surface area contributed by atoms with E-state index in [4.69, 9.17) is 10.5 Å². The van der Waals surface area contributed by atoms with Crippen LogP contribution in [-0.2, 0) is 11.2 Å². The second-order valence-corrected chi connectivity index (χ2v) is 5.56. The van der Waals surface area contributed by atoms with E-state index in [-0.39, 0.29) is 0 Å². The minimum absolute atomic E-state index is 0.669. The van der Waals surface area contributed by atoms with Crippen LogP contribution < -0.4 is 10.6 Å². The number of piperidine rings is 1. The van der Waals surface area contributed by atoms with E-state index in [9.17, 15) is 0 Å². The third-order valence-corrected chi connectivity index (χ3v) is 4.03. The molecular weight excluding hydrogens is 236 g/mol. The van der Waals surface area contributed by atoms with Gasteiger partial charge < -0.3 is 15.4 Å². The van der Waals surface area contributed by atoms with E-state index < -0.39 is 0 Å². The molecule has 2 rings (SSSR count). The molecule has 1 aliphatic rings. The molecule has 0 spiro atoms. The summed E-state index contributed by atoms with van der Waals surface area (Å²) in [6.07, 6.45) is 3.52. The molecule has 0 saturated carbocycles. The molecule has 0 aliphatic carbocycles. The monoisotopic (exact) mass is 262 g/mol. The van der Waals surface area contributed by atoms with Gasteiger partial charge in [-0.25, -0.2) is 0 Å². The zero-order valence-corrected chi connectivity index (χ0v) is 12.2. The van der Waals surface area contributed by atoms with E-state index in [1.807, 2.05) is 0 Å². The summed E-state index contributed by atoms with van der Waals surface area (Å²) < 4.78 is 5.30. The summed E-state index contributed by atoms with van der Waals surface area (Å²) in [5.41, 5.74) is 9.71. The summed E-state index contributed by atoms with van der Waals surface area (Å²) in [5.74, 6) is 0.669. The van der Waals surface area contributed by atoms with Crippen LogP contribution in [0.15, 0.2) is 18.2 Å². The van der Waals surface area contributed by atoms with Crippen molar-refractivity contribution < 1.29 is 4.74 Å². The first-order chi connectivity index (χ1) is 9.24. The first kappa shape index (κ1) is 14.4. The molecule has 1 heterocycles. The van der Waals surface area contributed by atoms with Gasteiger partial charge in [-0.05, 0) is 61.9 Å². The van der Waals surface area contributed by atoms with E-state index in [2.05, 4.69) is 30.0 Å². The summed E-state index contributed by atoms with van der Waals surface area (Å²) in [6, 6.07) is 6.78. The minimum Gasteiger partial charge on any atom is -0.384 e. The maximum Gasteiger partial charge on any atom is 0.0507 e. The Morgan fingerprint density at radius 3 is 2.95 bits per heavy atom. The molecule has 106 valence electrons. The molecule has 19 heavy (non-hydrogen) atoms. The molecule has 0 amide bonds. The van der Waals surface area contributed by atoms with E-state index >= 15 is 0 Å². The number of hydrogen-bond donors (Lipinski definition) is 1. The Balaban J connectivity index is 2.06. The number of hydrogen-bond acceptors (Lipinski definition) is 3. The van der Waals surface area contributed by atoms with Crippen molar-refractivity contribution in [3.63, 3.8) is 0 Å². The highest BCUT2D eigenvalue weighted by Gasteiger charge is 2.20. The van der Waals surface area contributed by atoms with Gasteiger partial charge in [-0.3, -0.25) is 0 Å². The van der Waals surface area contributed by atoms with E-state index in [0.717, 1.165) is 32.7 Å². The van der Waals surface area contributed by atoms with Crippen LogP contribution in [0.2, 0.25) is 0 Å². The van der Waals surface area contributed by atoms with Crippen molar-refractivity contribution in [1.29, 1.82) is 0 Å². The van der Waals surface area contributed by atoms with Gasteiger partial charge in [-0.2, -0.15) is 0 Å². The molecule has 2 N–H and O–H groups in total. The first-order valence-corrected chi connectivity index (χ1v) is 7.28. The zero-order chi connectivity index (χ0) is 13.7. The molecule has 1 aromatic rings. The summed E-state index contributed by atoms with van der Waals surface area (Å²) in [6.45, 7) is 6.06. The number of anilines is 1. The van der Waals surface area contributed by atoms with Gasteiger partial charge >= 0.3 is 0 Å². The van der Waals surface area contributed by atoms with Crippen molar-refractivity contribution in [3.8, 4) is 0 Å². The molecule has 1 atom stereocenters. The smallest absolute Gasteiger partial charge is 0.0507 e. The van der Waals surface area contributed by atoms with E-state index in [1.165, 1.54) is 29.7 Å². The lowest BCUT2D eigenvalue weighted by atomic mass is 9.97. The van der Waals surface area contributed by atoms with Crippen LogP contribution in [0.25, 0.3) is 0 Å². The fraction of sp³-hybridized carbons (Fsp3) is 0.625. The fourth-order valence-corrected chi connectivity index (χ4v) is 2.98. The SMILES string of the molecule is COCC1CCCN(c2ccc(CCN)c(C)c2)C1. The quantitative estimate of drug-likeness (QED) is 0.885. The van der Waals surface area contributed by atoms with Crippen LogP contribution in [0.1, 0.15) is 24.0 Å². The molecular formula is C16H26N2O. The fourth-order valence-electron chi connectivity index (χ4n) is 2.98. The molecule has 0 bridgehead atoms. The topological polar surface area (TPSA) is 38.5 Å². The normalized spacial score (nSPS) is 19.7. The Kier molecular flexibility index (Phi) is 5.23. The van der Waals surface area contributed by atoms with Gasteiger partial charge in [-0.1, -0.05) is 6.07 Å². The van der Waals surface area contributed by atoms with Gasteiger partial charge in [0.2, 0.25) is 0 Å². The van der Waals surface area contributed by atoms with Crippen molar-refractivity contribution >= 4 is 5.69 Å². The Morgan fingerprint density at radius 1 is 1.42 bits per heavy atom. The van der Waals surface area contributed by atoms with Crippen LogP contribution in [0.4, 0.5) is 5.69 Å². The molecule has 0 aromatic heterocycles. The summed E-state index contributed by atoms with van der Waals surface area (Å²) in [5, 5.41) is 0. The molecule has 3 heteroatoms. The van der Waals surface area contributed by atoms with Gasteiger partial charge in [0.25, 0.3) is 0 Å². The molecule has 1 aliphatic heterocycles. The molecule has 1 fully saturated rings. The van der Waals surface area contributed by atoms with Gasteiger partial charge in [0.05, 0.1) is 6.61 Å². The second-order valence-electron chi connectivity index (χ2n) is 5.56. The van der Waals surface area contributed by atoms with Crippen molar-refractivity contribution in [3.05, 3.63) is 29.3 Å². The maximum atomic E-state index is 5.64. The number of ether oxygens (including phenoxy) is 1. The minimum atomic E-state index is 0.669. The van der Waals surface area contributed by atoms with Crippen molar-refractivity contribution in [2.45, 2.75) is 26.2 Å². The summed E-state index contributed by atoms with van der Waals surface area (Å²) >= 11 is 0. The standard InChI is InChI=1S/C16H26N2O/c1-13-10-16(6-5-15(13)7-8-17)18-9-3-4-14(11-18)12-19-2/h5-6,10,14H,3-4,7-9,11-12,17H2,1-2H3. The molecule has 1 aromatic carbocycles. The predicted molar refractivity (Wildman–Crippen MR) is 80.8 cm³/mol. The number of rotatable bonds is 5. The molecule has 0 radical (unpaired) electrons. The number of nitrogens with zero attached hydrogens (tertiary/aromatic N) is 1. The van der Waals surface area contributed by atoms with Crippen LogP contribution in [-0.4, -0.2) is 33.4 Å². The Hall–Kier alpha value is -1.06. The van der Waals surface area contributed by atoms with E-state index in [0.29, 0.717) is 5.92 Å². The maximum absolute atomic E-state index is 5.64. The van der Waals surface area contributed by atoms with Gasteiger partial charge in [0.1, 0.15) is 0 Å².